The Morgan fingerprint density at radius 3 is 2.22 bits per heavy atom. The van der Waals surface area contributed by atoms with Crippen LogP contribution in [-0.4, -0.2) is 42.0 Å². The normalized spacial score (nSPS) is 14.9. The van der Waals surface area contributed by atoms with E-state index in [4.69, 9.17) is 34.8 Å². The third kappa shape index (κ3) is 3.71. The number of rotatable bonds is 2. The lowest BCUT2D eigenvalue weighted by Crippen LogP contribution is -2.49. The third-order valence-electron chi connectivity index (χ3n) is 3.77. The number of amides is 1. The lowest BCUT2D eigenvalue weighted by molar-refractivity contribution is 0.0741. The third-order valence-corrected chi connectivity index (χ3v) is 4.54. The Bertz CT molecular complexity index is 713. The predicted molar refractivity (Wildman–Crippen MR) is 93.8 cm³/mol. The van der Waals surface area contributed by atoms with Gasteiger partial charge in [-0.2, -0.15) is 0 Å². The number of piperazine rings is 1. The number of aromatic nitrogens is 1. The summed E-state index contributed by atoms with van der Waals surface area (Å²) in [6, 6.07) is 10.9. The first-order valence-corrected chi connectivity index (χ1v) is 8.30. The molecule has 1 fully saturated rings. The van der Waals surface area contributed by atoms with E-state index >= 15 is 0 Å². The molecular formula is C16H14Cl3N3O. The number of carbonyl (C=O) groups is 1. The fourth-order valence-electron chi connectivity index (χ4n) is 2.54. The minimum Gasteiger partial charge on any atom is -0.368 e. The van der Waals surface area contributed by atoms with Gasteiger partial charge in [0, 0.05) is 36.9 Å². The molecule has 0 bridgehead atoms. The van der Waals surface area contributed by atoms with Crippen molar-refractivity contribution in [1.82, 2.24) is 9.88 Å². The number of carbonyl (C=O) groups excluding carboxylic acids is 1. The summed E-state index contributed by atoms with van der Waals surface area (Å²) in [6.45, 7) is 2.69. The largest absolute Gasteiger partial charge is 0.368 e. The highest BCUT2D eigenvalue weighted by atomic mass is 35.5. The maximum Gasteiger partial charge on any atom is 0.274 e. The monoisotopic (exact) mass is 369 g/mol. The molecule has 1 aromatic carbocycles. The molecule has 4 nitrogen and oxygen atoms in total. The summed E-state index contributed by atoms with van der Waals surface area (Å²) in [4.78, 5) is 20.6. The highest BCUT2D eigenvalue weighted by molar-refractivity contribution is 6.34. The van der Waals surface area contributed by atoms with Gasteiger partial charge in [-0.1, -0.05) is 34.8 Å². The van der Waals surface area contributed by atoms with Gasteiger partial charge in [-0.3, -0.25) is 4.79 Å². The number of halogens is 3. The molecule has 23 heavy (non-hydrogen) atoms. The van der Waals surface area contributed by atoms with Crippen LogP contribution in [-0.2, 0) is 0 Å². The highest BCUT2D eigenvalue weighted by Crippen LogP contribution is 2.22. The molecule has 0 aliphatic carbocycles. The van der Waals surface area contributed by atoms with Crippen LogP contribution in [0.5, 0.6) is 0 Å². The standard InChI is InChI=1S/C16H14Cl3N3O/c17-11-1-3-12(4-2-11)21-7-9-22(10-8-21)16(23)15-13(18)5-6-14(19)20-15/h1-6H,7-10H2. The van der Waals surface area contributed by atoms with E-state index in [9.17, 15) is 4.79 Å². The number of hydrogen-bond acceptors (Lipinski definition) is 3. The number of benzene rings is 1. The van der Waals surface area contributed by atoms with Crippen molar-refractivity contribution < 1.29 is 4.79 Å². The van der Waals surface area contributed by atoms with Crippen LogP contribution in [0.2, 0.25) is 15.2 Å². The second kappa shape index (κ2) is 6.95. The van der Waals surface area contributed by atoms with E-state index in [1.807, 2.05) is 24.3 Å². The van der Waals surface area contributed by atoms with Crippen LogP contribution in [0.4, 0.5) is 5.69 Å². The zero-order valence-electron chi connectivity index (χ0n) is 12.2. The van der Waals surface area contributed by atoms with Crippen molar-refractivity contribution in [2.45, 2.75) is 0 Å². The molecule has 1 aliphatic heterocycles. The van der Waals surface area contributed by atoms with E-state index in [-0.39, 0.29) is 16.8 Å². The van der Waals surface area contributed by atoms with Gasteiger partial charge in [-0.05, 0) is 36.4 Å². The fraction of sp³-hybridized carbons (Fsp3) is 0.250. The first-order chi connectivity index (χ1) is 11.0. The Morgan fingerprint density at radius 2 is 1.57 bits per heavy atom. The first kappa shape index (κ1) is 16.4. The molecule has 2 aromatic rings. The van der Waals surface area contributed by atoms with E-state index in [0.29, 0.717) is 23.1 Å². The molecular weight excluding hydrogens is 357 g/mol. The molecule has 0 atom stereocenters. The maximum atomic E-state index is 12.5. The van der Waals surface area contributed by atoms with Crippen LogP contribution in [0.1, 0.15) is 10.5 Å². The molecule has 0 spiro atoms. The van der Waals surface area contributed by atoms with Crippen molar-refractivity contribution in [2.24, 2.45) is 0 Å². The van der Waals surface area contributed by atoms with E-state index in [1.54, 1.807) is 17.0 Å². The molecule has 0 N–H and O–H groups in total. The minimum atomic E-state index is -0.187. The van der Waals surface area contributed by atoms with Gasteiger partial charge >= 0.3 is 0 Å². The Balaban J connectivity index is 1.67. The quantitative estimate of drug-likeness (QED) is 0.750. The second-order valence-corrected chi connectivity index (χ2v) is 6.45. The van der Waals surface area contributed by atoms with E-state index < -0.39 is 0 Å². The summed E-state index contributed by atoms with van der Waals surface area (Å²) in [5.74, 6) is -0.187. The highest BCUT2D eigenvalue weighted by Gasteiger charge is 2.25. The van der Waals surface area contributed by atoms with Crippen LogP contribution in [0.3, 0.4) is 0 Å². The van der Waals surface area contributed by atoms with Crippen molar-refractivity contribution >= 4 is 46.4 Å². The zero-order chi connectivity index (χ0) is 16.4. The summed E-state index contributed by atoms with van der Waals surface area (Å²) in [6.07, 6.45) is 0. The van der Waals surface area contributed by atoms with Gasteiger partial charge in [0.05, 0.1) is 5.02 Å². The van der Waals surface area contributed by atoms with Gasteiger partial charge in [-0.15, -0.1) is 0 Å². The number of anilines is 1. The van der Waals surface area contributed by atoms with Crippen molar-refractivity contribution in [2.75, 3.05) is 31.1 Å². The Morgan fingerprint density at radius 1 is 0.913 bits per heavy atom. The SMILES string of the molecule is O=C(c1nc(Cl)ccc1Cl)N1CCN(c2ccc(Cl)cc2)CC1. The summed E-state index contributed by atoms with van der Waals surface area (Å²) in [5, 5.41) is 1.29. The van der Waals surface area contributed by atoms with Crippen molar-refractivity contribution in [1.29, 1.82) is 0 Å². The topological polar surface area (TPSA) is 36.4 Å². The molecule has 0 radical (unpaired) electrons. The Labute approximate surface area is 149 Å². The second-order valence-electron chi connectivity index (χ2n) is 5.22. The van der Waals surface area contributed by atoms with E-state index in [1.165, 1.54) is 0 Å². The molecule has 0 saturated carbocycles. The van der Waals surface area contributed by atoms with Crippen LogP contribution in [0.15, 0.2) is 36.4 Å². The molecule has 1 aromatic heterocycles. The number of nitrogens with zero attached hydrogens (tertiary/aromatic N) is 3. The molecule has 120 valence electrons. The van der Waals surface area contributed by atoms with Gasteiger partial charge in [0.15, 0.2) is 0 Å². The molecule has 3 rings (SSSR count). The summed E-state index contributed by atoms with van der Waals surface area (Å²) in [7, 11) is 0. The zero-order valence-corrected chi connectivity index (χ0v) is 14.4. The smallest absolute Gasteiger partial charge is 0.274 e. The summed E-state index contributed by atoms with van der Waals surface area (Å²) >= 11 is 17.8. The Hall–Kier alpha value is -1.49. The van der Waals surface area contributed by atoms with Gasteiger partial charge in [0.2, 0.25) is 0 Å². The maximum absolute atomic E-state index is 12.5. The van der Waals surface area contributed by atoms with Crippen molar-refractivity contribution in [3.05, 3.63) is 57.3 Å². The average molecular weight is 371 g/mol. The molecule has 7 heteroatoms. The molecule has 2 heterocycles. The molecule has 1 saturated heterocycles. The lowest BCUT2D eigenvalue weighted by atomic mass is 10.2. The number of hydrogen-bond donors (Lipinski definition) is 0. The van der Waals surface area contributed by atoms with Crippen molar-refractivity contribution in [3.8, 4) is 0 Å². The number of pyridine rings is 1. The molecule has 1 amide bonds. The molecule has 0 unspecified atom stereocenters. The van der Waals surface area contributed by atoms with Crippen molar-refractivity contribution in [3.63, 3.8) is 0 Å². The fourth-order valence-corrected chi connectivity index (χ4v) is 3.00. The van der Waals surface area contributed by atoms with Crippen LogP contribution >= 0.6 is 34.8 Å². The van der Waals surface area contributed by atoms with Crippen LogP contribution in [0, 0.1) is 0 Å². The van der Waals surface area contributed by atoms with E-state index in [0.717, 1.165) is 18.8 Å². The Kier molecular flexibility index (Phi) is 4.95. The minimum absolute atomic E-state index is 0.187. The van der Waals surface area contributed by atoms with E-state index in [2.05, 4.69) is 9.88 Å². The first-order valence-electron chi connectivity index (χ1n) is 7.16. The summed E-state index contributed by atoms with van der Waals surface area (Å²) < 4.78 is 0. The lowest BCUT2D eigenvalue weighted by Gasteiger charge is -2.36. The summed E-state index contributed by atoms with van der Waals surface area (Å²) in [5.41, 5.74) is 1.31. The predicted octanol–water partition coefficient (Wildman–Crippen LogP) is 4.00. The van der Waals surface area contributed by atoms with Crippen LogP contribution in [0.25, 0.3) is 0 Å². The molecule has 1 aliphatic rings. The van der Waals surface area contributed by atoms with Gasteiger partial charge in [-0.25, -0.2) is 4.98 Å². The van der Waals surface area contributed by atoms with Crippen LogP contribution < -0.4 is 4.90 Å². The average Bonchev–Trinajstić information content (AvgIpc) is 2.57. The van der Waals surface area contributed by atoms with Gasteiger partial charge in [0.25, 0.3) is 5.91 Å². The van der Waals surface area contributed by atoms with Gasteiger partial charge < -0.3 is 9.80 Å². The van der Waals surface area contributed by atoms with Gasteiger partial charge in [0.1, 0.15) is 10.8 Å².